The Balaban J connectivity index is 2.59. The van der Waals surface area contributed by atoms with Gasteiger partial charge in [-0.3, -0.25) is 4.79 Å². The van der Waals surface area contributed by atoms with Crippen LogP contribution >= 0.6 is 22.4 Å². The summed E-state index contributed by atoms with van der Waals surface area (Å²) in [6.07, 6.45) is 3.17. The average Bonchev–Trinajstić information content (AvgIpc) is 2.05. The van der Waals surface area contributed by atoms with Crippen molar-refractivity contribution in [1.29, 1.82) is 0 Å². The predicted molar refractivity (Wildman–Crippen MR) is 47.2 cm³/mol. The standard InChI is InChI=1S/C6H9O3PS/c7-5-2-1-4(8-10)3-6(5)9-11/h1-2,4,6,11H,3,10H2/t4-,6+/m1/s1. The van der Waals surface area contributed by atoms with Crippen LogP contribution in [0, 0.1) is 0 Å². The molecule has 1 unspecified atom stereocenters. The summed E-state index contributed by atoms with van der Waals surface area (Å²) in [7, 11) is 2.15. The summed E-state index contributed by atoms with van der Waals surface area (Å²) in [6.45, 7) is 0. The Morgan fingerprint density at radius 2 is 2.45 bits per heavy atom. The maximum atomic E-state index is 11.0. The molecule has 0 aromatic carbocycles. The molecular formula is C6H9O3PS. The quantitative estimate of drug-likeness (QED) is 0.401. The zero-order valence-corrected chi connectivity index (χ0v) is 7.81. The molecule has 0 radical (unpaired) electrons. The molecule has 0 aromatic heterocycles. The van der Waals surface area contributed by atoms with E-state index in [-0.39, 0.29) is 11.9 Å². The van der Waals surface area contributed by atoms with E-state index in [1.165, 1.54) is 6.08 Å². The van der Waals surface area contributed by atoms with E-state index in [0.717, 1.165) is 0 Å². The highest BCUT2D eigenvalue weighted by atomic mass is 32.1. The Labute approximate surface area is 73.0 Å². The Bertz CT molecular complexity index is 183. The van der Waals surface area contributed by atoms with Crippen molar-refractivity contribution in [2.75, 3.05) is 0 Å². The maximum Gasteiger partial charge on any atom is 0.185 e. The van der Waals surface area contributed by atoms with Crippen LogP contribution in [0.4, 0.5) is 0 Å². The van der Waals surface area contributed by atoms with Crippen molar-refractivity contribution < 1.29 is 13.5 Å². The molecule has 0 amide bonds. The molecule has 0 heterocycles. The Morgan fingerprint density at radius 1 is 1.73 bits per heavy atom. The fourth-order valence-corrected chi connectivity index (χ4v) is 1.30. The van der Waals surface area contributed by atoms with Gasteiger partial charge in [0.15, 0.2) is 5.78 Å². The van der Waals surface area contributed by atoms with Crippen molar-refractivity contribution in [3.05, 3.63) is 12.2 Å². The minimum Gasteiger partial charge on any atom is -0.358 e. The molecule has 0 spiro atoms. The molecule has 0 bridgehead atoms. The van der Waals surface area contributed by atoms with Crippen molar-refractivity contribution >= 4 is 28.2 Å². The number of hydrogen-bond donors (Lipinski definition) is 1. The van der Waals surface area contributed by atoms with Crippen molar-refractivity contribution in [2.24, 2.45) is 0 Å². The molecule has 1 aliphatic carbocycles. The van der Waals surface area contributed by atoms with Gasteiger partial charge in [-0.15, -0.1) is 0 Å². The molecule has 0 aromatic rings. The molecule has 0 saturated heterocycles. The first-order valence-corrected chi connectivity index (χ1v) is 3.99. The van der Waals surface area contributed by atoms with Crippen LogP contribution in [-0.2, 0) is 13.5 Å². The molecular weight excluding hydrogens is 183 g/mol. The molecule has 0 fully saturated rings. The minimum atomic E-state index is -0.464. The van der Waals surface area contributed by atoms with Gasteiger partial charge in [0.2, 0.25) is 0 Å². The Morgan fingerprint density at radius 3 is 3.00 bits per heavy atom. The predicted octanol–water partition coefficient (Wildman–Crippen LogP) is 0.921. The molecule has 11 heavy (non-hydrogen) atoms. The van der Waals surface area contributed by atoms with E-state index in [1.54, 1.807) is 6.08 Å². The van der Waals surface area contributed by atoms with Gasteiger partial charge in [0.1, 0.15) is 6.10 Å². The highest BCUT2D eigenvalue weighted by molar-refractivity contribution is 7.75. The molecule has 0 saturated carbocycles. The molecule has 3 atom stereocenters. The largest absolute Gasteiger partial charge is 0.358 e. The van der Waals surface area contributed by atoms with Gasteiger partial charge >= 0.3 is 0 Å². The summed E-state index contributed by atoms with van der Waals surface area (Å²) < 4.78 is 9.58. The van der Waals surface area contributed by atoms with Gasteiger partial charge in [0.05, 0.1) is 6.10 Å². The average molecular weight is 192 g/mol. The lowest BCUT2D eigenvalue weighted by Crippen LogP contribution is -2.28. The van der Waals surface area contributed by atoms with Crippen molar-refractivity contribution in [3.63, 3.8) is 0 Å². The van der Waals surface area contributed by atoms with Gasteiger partial charge in [-0.2, -0.15) is 0 Å². The molecule has 0 N–H and O–H groups in total. The fraction of sp³-hybridized carbons (Fsp3) is 0.500. The zero-order valence-electron chi connectivity index (χ0n) is 5.77. The van der Waals surface area contributed by atoms with Gasteiger partial charge < -0.3 is 8.71 Å². The number of rotatable bonds is 2. The summed E-state index contributed by atoms with van der Waals surface area (Å²) >= 11 is 3.59. The third-order valence-corrected chi connectivity index (χ3v) is 2.14. The van der Waals surface area contributed by atoms with Crippen LogP contribution in [0.1, 0.15) is 6.42 Å². The first kappa shape index (κ1) is 9.20. The van der Waals surface area contributed by atoms with Crippen molar-refractivity contribution in [3.8, 4) is 0 Å². The first-order chi connectivity index (χ1) is 5.27. The molecule has 0 aliphatic heterocycles. The van der Waals surface area contributed by atoms with Crippen LogP contribution in [0.5, 0.6) is 0 Å². The van der Waals surface area contributed by atoms with Crippen LogP contribution in [0.3, 0.4) is 0 Å². The lowest BCUT2D eigenvalue weighted by Gasteiger charge is -2.19. The smallest absolute Gasteiger partial charge is 0.185 e. The minimum absolute atomic E-state index is 0.0571. The number of thiol groups is 1. The van der Waals surface area contributed by atoms with E-state index in [2.05, 4.69) is 26.6 Å². The van der Waals surface area contributed by atoms with E-state index in [1.807, 2.05) is 0 Å². The van der Waals surface area contributed by atoms with E-state index < -0.39 is 6.10 Å². The van der Waals surface area contributed by atoms with E-state index in [0.29, 0.717) is 6.42 Å². The molecule has 5 heteroatoms. The van der Waals surface area contributed by atoms with E-state index in [9.17, 15) is 4.79 Å². The zero-order chi connectivity index (χ0) is 8.27. The lowest BCUT2D eigenvalue weighted by molar-refractivity contribution is -0.121. The van der Waals surface area contributed by atoms with Crippen molar-refractivity contribution in [1.82, 2.24) is 0 Å². The summed E-state index contributed by atoms with van der Waals surface area (Å²) in [5.74, 6) is -0.0571. The van der Waals surface area contributed by atoms with Crippen LogP contribution in [-0.4, -0.2) is 18.0 Å². The Hall–Kier alpha value is 0.110. The van der Waals surface area contributed by atoms with Crippen LogP contribution in [0.25, 0.3) is 0 Å². The second kappa shape index (κ2) is 4.21. The normalized spacial score (nSPS) is 30.9. The molecule has 1 rings (SSSR count). The summed E-state index contributed by atoms with van der Waals surface area (Å²) in [6, 6.07) is 0. The van der Waals surface area contributed by atoms with Crippen LogP contribution in [0.2, 0.25) is 0 Å². The van der Waals surface area contributed by atoms with E-state index in [4.69, 9.17) is 4.52 Å². The summed E-state index contributed by atoms with van der Waals surface area (Å²) in [5.41, 5.74) is 0. The summed E-state index contributed by atoms with van der Waals surface area (Å²) in [5, 5.41) is 0. The number of hydrogen-bond acceptors (Lipinski definition) is 4. The first-order valence-electron chi connectivity index (χ1n) is 3.15. The fourth-order valence-electron chi connectivity index (χ4n) is 0.911. The van der Waals surface area contributed by atoms with Gasteiger partial charge in [-0.1, -0.05) is 6.08 Å². The second-order valence-electron chi connectivity index (χ2n) is 2.27. The van der Waals surface area contributed by atoms with Gasteiger partial charge in [0, 0.05) is 15.9 Å². The topological polar surface area (TPSA) is 35.5 Å². The maximum absolute atomic E-state index is 11.0. The van der Waals surface area contributed by atoms with Crippen molar-refractivity contribution in [2.45, 2.75) is 18.6 Å². The summed E-state index contributed by atoms with van der Waals surface area (Å²) in [4.78, 5) is 11.0. The van der Waals surface area contributed by atoms with Gasteiger partial charge in [0.25, 0.3) is 0 Å². The van der Waals surface area contributed by atoms with Gasteiger partial charge in [-0.05, 0) is 19.0 Å². The lowest BCUT2D eigenvalue weighted by atomic mass is 10.0. The monoisotopic (exact) mass is 192 g/mol. The SMILES string of the molecule is O=C1C=C[C@@H](OP)C[C@@H]1OS. The highest BCUT2D eigenvalue weighted by Crippen LogP contribution is 2.17. The number of ketones is 1. The van der Waals surface area contributed by atoms with E-state index >= 15 is 0 Å². The molecule has 1 aliphatic rings. The Kier molecular flexibility index (Phi) is 3.52. The highest BCUT2D eigenvalue weighted by Gasteiger charge is 2.24. The third-order valence-electron chi connectivity index (χ3n) is 1.54. The van der Waals surface area contributed by atoms with Gasteiger partial charge in [-0.25, -0.2) is 0 Å². The van der Waals surface area contributed by atoms with Crippen LogP contribution in [0.15, 0.2) is 12.2 Å². The number of carbonyl (C=O) groups is 1. The molecule has 3 nitrogen and oxygen atoms in total. The molecule has 62 valence electrons. The number of carbonyl (C=O) groups excluding carboxylic acids is 1. The van der Waals surface area contributed by atoms with Crippen LogP contribution < -0.4 is 0 Å². The second-order valence-corrected chi connectivity index (χ2v) is 2.75. The third kappa shape index (κ3) is 2.27.